The highest BCUT2D eigenvalue weighted by Crippen LogP contribution is 2.30. The zero-order valence-electron chi connectivity index (χ0n) is 17.4. The van der Waals surface area contributed by atoms with Crippen molar-refractivity contribution in [3.05, 3.63) is 64.1 Å². The van der Waals surface area contributed by atoms with E-state index in [1.165, 1.54) is 4.68 Å². The number of aryl methyl sites for hydroxylation is 1. The highest BCUT2D eigenvalue weighted by molar-refractivity contribution is 6.11. The molecule has 162 valence electrons. The summed E-state index contributed by atoms with van der Waals surface area (Å²) in [5.41, 5.74) is 1.50. The van der Waals surface area contributed by atoms with Crippen LogP contribution in [0.4, 0.5) is 11.4 Å². The fraction of sp³-hybridized carbons (Fsp3) is 0.261. The first-order valence-corrected chi connectivity index (χ1v) is 10.4. The van der Waals surface area contributed by atoms with Crippen LogP contribution in [0, 0.1) is 0 Å². The Bertz CT molecular complexity index is 1350. The number of amides is 3. The Hall–Kier alpha value is -4.01. The molecule has 2 N–H and O–H groups in total. The second-order valence-corrected chi connectivity index (χ2v) is 8.05. The number of rotatable bonds is 3. The van der Waals surface area contributed by atoms with Crippen molar-refractivity contribution in [1.29, 1.82) is 0 Å². The van der Waals surface area contributed by atoms with Crippen molar-refractivity contribution in [3.8, 4) is 0 Å². The van der Waals surface area contributed by atoms with Gasteiger partial charge in [-0.05, 0) is 37.1 Å². The van der Waals surface area contributed by atoms with Crippen molar-refractivity contribution in [2.45, 2.75) is 25.3 Å². The number of hydrogen-bond acceptors (Lipinski definition) is 5. The lowest BCUT2D eigenvalue weighted by Crippen LogP contribution is -2.40. The molecule has 5 rings (SSSR count). The molecule has 32 heavy (non-hydrogen) atoms. The molecule has 0 saturated carbocycles. The number of anilines is 2. The molecule has 1 fully saturated rings. The average molecular weight is 431 g/mol. The van der Waals surface area contributed by atoms with Crippen molar-refractivity contribution >= 4 is 39.9 Å². The maximum absolute atomic E-state index is 13.0. The predicted octanol–water partition coefficient (Wildman–Crippen LogP) is 1.67. The van der Waals surface area contributed by atoms with E-state index in [2.05, 4.69) is 15.7 Å². The number of hydrogen-bond donors (Lipinski definition) is 2. The third kappa shape index (κ3) is 3.31. The number of carbonyl (C=O) groups is 3. The molecule has 0 bridgehead atoms. The highest BCUT2D eigenvalue weighted by atomic mass is 16.2. The van der Waals surface area contributed by atoms with Gasteiger partial charge in [0.2, 0.25) is 11.8 Å². The summed E-state index contributed by atoms with van der Waals surface area (Å²) in [7, 11) is 1.55. The smallest absolute Gasteiger partial charge is 0.274 e. The van der Waals surface area contributed by atoms with Crippen LogP contribution in [0.3, 0.4) is 0 Å². The lowest BCUT2D eigenvalue weighted by atomic mass is 10.1. The molecule has 0 radical (unpaired) electrons. The van der Waals surface area contributed by atoms with Gasteiger partial charge in [-0.3, -0.25) is 19.2 Å². The van der Waals surface area contributed by atoms with Crippen LogP contribution in [0.5, 0.6) is 0 Å². The lowest BCUT2D eigenvalue weighted by molar-refractivity contribution is -0.119. The molecule has 1 atom stereocenters. The minimum atomic E-state index is -0.447. The van der Waals surface area contributed by atoms with Crippen molar-refractivity contribution in [1.82, 2.24) is 14.7 Å². The Morgan fingerprint density at radius 3 is 2.75 bits per heavy atom. The van der Waals surface area contributed by atoms with Gasteiger partial charge in [0.25, 0.3) is 11.5 Å². The first-order chi connectivity index (χ1) is 15.4. The van der Waals surface area contributed by atoms with E-state index in [9.17, 15) is 19.2 Å². The van der Waals surface area contributed by atoms with Crippen LogP contribution in [0.25, 0.3) is 10.8 Å². The minimum absolute atomic E-state index is 0.0371. The molecule has 9 heteroatoms. The summed E-state index contributed by atoms with van der Waals surface area (Å²) in [6.07, 6.45) is 1.40. The Balaban J connectivity index is 1.41. The largest absolute Gasteiger partial charge is 0.327 e. The molecular formula is C23H21N5O4. The molecule has 3 aromatic rings. The summed E-state index contributed by atoms with van der Waals surface area (Å²) in [5.74, 6) is -0.730. The van der Waals surface area contributed by atoms with Gasteiger partial charge in [-0.25, -0.2) is 4.68 Å². The van der Waals surface area contributed by atoms with Crippen molar-refractivity contribution in [3.63, 3.8) is 0 Å². The first kappa shape index (κ1) is 19.9. The van der Waals surface area contributed by atoms with E-state index in [-0.39, 0.29) is 29.7 Å². The fourth-order valence-electron chi connectivity index (χ4n) is 4.42. The summed E-state index contributed by atoms with van der Waals surface area (Å²) in [6.45, 7) is 0.540. The van der Waals surface area contributed by atoms with E-state index in [0.717, 1.165) is 6.42 Å². The van der Waals surface area contributed by atoms with Gasteiger partial charge >= 0.3 is 0 Å². The van der Waals surface area contributed by atoms with Crippen LogP contribution in [-0.4, -0.2) is 45.0 Å². The topological polar surface area (TPSA) is 113 Å². The summed E-state index contributed by atoms with van der Waals surface area (Å²) in [4.78, 5) is 52.1. The predicted molar refractivity (Wildman–Crippen MR) is 118 cm³/mol. The zero-order valence-corrected chi connectivity index (χ0v) is 17.4. The third-order valence-corrected chi connectivity index (χ3v) is 5.97. The highest BCUT2D eigenvalue weighted by Gasteiger charge is 2.38. The van der Waals surface area contributed by atoms with Crippen LogP contribution in [0.15, 0.2) is 47.3 Å². The second-order valence-electron chi connectivity index (χ2n) is 8.05. The quantitative estimate of drug-likeness (QED) is 0.655. The van der Waals surface area contributed by atoms with Gasteiger partial charge in [0, 0.05) is 24.7 Å². The van der Waals surface area contributed by atoms with E-state index < -0.39 is 6.04 Å². The van der Waals surface area contributed by atoms with Gasteiger partial charge in [0.15, 0.2) is 0 Å². The van der Waals surface area contributed by atoms with Crippen molar-refractivity contribution in [2.24, 2.45) is 7.05 Å². The standard InChI is InChI=1S/C23H21N5O4/c1-27-22(31)15-6-3-2-5-14(15)18(26-27)12-20(29)24-13-8-9-17-16(11-13)23(32)28-10-4-7-19(28)21(30)25-17/h2-3,5-6,8-9,11,19H,4,7,10,12H2,1H3,(H,24,29)(H,25,30). The maximum atomic E-state index is 13.0. The van der Waals surface area contributed by atoms with Crippen molar-refractivity contribution < 1.29 is 14.4 Å². The second kappa shape index (κ2) is 7.60. The minimum Gasteiger partial charge on any atom is -0.327 e. The van der Waals surface area contributed by atoms with Gasteiger partial charge in [0.05, 0.1) is 28.8 Å². The summed E-state index contributed by atoms with van der Waals surface area (Å²) < 4.78 is 1.22. The third-order valence-electron chi connectivity index (χ3n) is 5.97. The van der Waals surface area contributed by atoms with Crippen LogP contribution < -0.4 is 16.2 Å². The van der Waals surface area contributed by atoms with E-state index in [0.29, 0.717) is 46.4 Å². The van der Waals surface area contributed by atoms with Crippen LogP contribution in [0.1, 0.15) is 28.9 Å². The molecule has 3 heterocycles. The normalized spacial score (nSPS) is 17.5. The molecule has 0 spiro atoms. The lowest BCUT2D eigenvalue weighted by Gasteiger charge is -2.20. The molecule has 1 aromatic heterocycles. The Kier molecular flexibility index (Phi) is 4.73. The van der Waals surface area contributed by atoms with Gasteiger partial charge in [-0.1, -0.05) is 18.2 Å². The maximum Gasteiger partial charge on any atom is 0.274 e. The molecule has 9 nitrogen and oxygen atoms in total. The Labute approximate surface area is 183 Å². The van der Waals surface area contributed by atoms with Gasteiger partial charge in [-0.15, -0.1) is 0 Å². The number of nitrogens with zero attached hydrogens (tertiary/aromatic N) is 3. The monoisotopic (exact) mass is 431 g/mol. The van der Waals surface area contributed by atoms with Crippen LogP contribution in [-0.2, 0) is 23.1 Å². The molecule has 2 aliphatic rings. The van der Waals surface area contributed by atoms with Gasteiger partial charge < -0.3 is 15.5 Å². The van der Waals surface area contributed by atoms with E-state index >= 15 is 0 Å². The van der Waals surface area contributed by atoms with Gasteiger partial charge in [-0.2, -0.15) is 5.10 Å². The Morgan fingerprint density at radius 2 is 1.94 bits per heavy atom. The van der Waals surface area contributed by atoms with Crippen molar-refractivity contribution in [2.75, 3.05) is 17.2 Å². The fourth-order valence-corrected chi connectivity index (χ4v) is 4.42. The summed E-state index contributed by atoms with van der Waals surface area (Å²) in [5, 5.41) is 11.0. The van der Waals surface area contributed by atoms with Gasteiger partial charge in [0.1, 0.15) is 6.04 Å². The molecule has 0 aliphatic carbocycles. The average Bonchev–Trinajstić information content (AvgIpc) is 3.25. The summed E-state index contributed by atoms with van der Waals surface area (Å²) in [6, 6.07) is 11.4. The SMILES string of the molecule is Cn1nc(CC(=O)Nc2ccc3c(c2)C(=O)N2CCCC2C(=O)N3)c2ccccc2c1=O. The summed E-state index contributed by atoms with van der Waals surface area (Å²) >= 11 is 0. The molecule has 1 saturated heterocycles. The van der Waals surface area contributed by atoms with Crippen LogP contribution in [0.2, 0.25) is 0 Å². The molecule has 2 aliphatic heterocycles. The number of nitrogens with one attached hydrogen (secondary N) is 2. The molecule has 1 unspecified atom stereocenters. The van der Waals surface area contributed by atoms with E-state index in [1.807, 2.05) is 0 Å². The van der Waals surface area contributed by atoms with E-state index in [1.54, 1.807) is 54.4 Å². The first-order valence-electron chi connectivity index (χ1n) is 10.4. The van der Waals surface area contributed by atoms with E-state index in [4.69, 9.17) is 0 Å². The number of aromatic nitrogens is 2. The zero-order chi connectivity index (χ0) is 22.4. The number of benzene rings is 2. The molecular weight excluding hydrogens is 410 g/mol. The molecule has 3 amide bonds. The number of fused-ring (bicyclic) bond motifs is 3. The molecule has 2 aromatic carbocycles. The Morgan fingerprint density at radius 1 is 1.16 bits per heavy atom. The van der Waals surface area contributed by atoms with Crippen LogP contribution >= 0.6 is 0 Å². The number of carbonyl (C=O) groups excluding carboxylic acids is 3.